The van der Waals surface area contributed by atoms with Crippen molar-refractivity contribution >= 4 is 10.9 Å². The standard InChI is InChI=1S/C15H21NO3/c1-5-6-7-10-8-11-12(16-10)9-13(17-2)15(19-4)14(11)18-3/h8-9,16H,5-7H2,1-4H3. The molecule has 1 aromatic carbocycles. The van der Waals surface area contributed by atoms with E-state index in [0.717, 1.165) is 23.1 Å². The van der Waals surface area contributed by atoms with Crippen molar-refractivity contribution in [1.82, 2.24) is 4.98 Å². The molecule has 0 fully saturated rings. The number of aromatic nitrogens is 1. The highest BCUT2D eigenvalue weighted by atomic mass is 16.5. The van der Waals surface area contributed by atoms with Crippen molar-refractivity contribution < 1.29 is 14.2 Å². The van der Waals surface area contributed by atoms with Gasteiger partial charge in [-0.3, -0.25) is 0 Å². The first-order chi connectivity index (χ1) is 9.24. The van der Waals surface area contributed by atoms with Crippen LogP contribution in [0.25, 0.3) is 10.9 Å². The van der Waals surface area contributed by atoms with Crippen molar-refractivity contribution in [3.05, 3.63) is 17.8 Å². The van der Waals surface area contributed by atoms with E-state index in [1.54, 1.807) is 21.3 Å². The molecule has 0 aliphatic heterocycles. The van der Waals surface area contributed by atoms with Crippen LogP contribution in [0.3, 0.4) is 0 Å². The summed E-state index contributed by atoms with van der Waals surface area (Å²) in [5.41, 5.74) is 2.23. The monoisotopic (exact) mass is 263 g/mol. The molecule has 0 atom stereocenters. The van der Waals surface area contributed by atoms with E-state index < -0.39 is 0 Å². The second-order valence-corrected chi connectivity index (χ2v) is 4.50. The van der Waals surface area contributed by atoms with Gasteiger partial charge in [0.25, 0.3) is 0 Å². The molecule has 0 spiro atoms. The molecule has 0 aliphatic carbocycles. The lowest BCUT2D eigenvalue weighted by atomic mass is 10.1. The van der Waals surface area contributed by atoms with Crippen LogP contribution in [0, 0.1) is 0 Å². The highest BCUT2D eigenvalue weighted by molar-refractivity contribution is 5.91. The molecule has 1 heterocycles. The molecule has 2 rings (SSSR count). The van der Waals surface area contributed by atoms with Crippen LogP contribution in [-0.2, 0) is 6.42 Å². The minimum absolute atomic E-state index is 0.638. The lowest BCUT2D eigenvalue weighted by Crippen LogP contribution is -1.95. The maximum absolute atomic E-state index is 5.48. The fourth-order valence-electron chi connectivity index (χ4n) is 2.31. The molecular weight excluding hydrogens is 242 g/mol. The van der Waals surface area contributed by atoms with Crippen molar-refractivity contribution in [3.63, 3.8) is 0 Å². The van der Waals surface area contributed by atoms with Crippen LogP contribution >= 0.6 is 0 Å². The van der Waals surface area contributed by atoms with E-state index in [-0.39, 0.29) is 0 Å². The molecule has 0 amide bonds. The van der Waals surface area contributed by atoms with Gasteiger partial charge in [-0.2, -0.15) is 0 Å². The first kappa shape index (κ1) is 13.6. The Morgan fingerprint density at radius 1 is 1.00 bits per heavy atom. The minimum atomic E-state index is 0.638. The highest BCUT2D eigenvalue weighted by Gasteiger charge is 2.17. The summed E-state index contributed by atoms with van der Waals surface area (Å²) in [5, 5.41) is 1.03. The topological polar surface area (TPSA) is 43.5 Å². The molecule has 4 heteroatoms. The molecule has 19 heavy (non-hydrogen) atoms. The van der Waals surface area contributed by atoms with Crippen LogP contribution < -0.4 is 14.2 Å². The molecule has 104 valence electrons. The molecule has 0 saturated heterocycles. The van der Waals surface area contributed by atoms with Crippen molar-refractivity contribution in [3.8, 4) is 17.2 Å². The van der Waals surface area contributed by atoms with Crippen molar-refractivity contribution in [2.24, 2.45) is 0 Å². The summed E-state index contributed by atoms with van der Waals surface area (Å²) < 4.78 is 16.2. The summed E-state index contributed by atoms with van der Waals surface area (Å²) >= 11 is 0. The quantitative estimate of drug-likeness (QED) is 0.867. The second kappa shape index (κ2) is 5.87. The average Bonchev–Trinajstić information content (AvgIpc) is 2.85. The maximum atomic E-state index is 5.48. The summed E-state index contributed by atoms with van der Waals surface area (Å²) in [6, 6.07) is 4.08. The number of aryl methyl sites for hydroxylation is 1. The number of hydrogen-bond acceptors (Lipinski definition) is 3. The van der Waals surface area contributed by atoms with Crippen LogP contribution in [0.2, 0.25) is 0 Å². The zero-order valence-electron chi connectivity index (χ0n) is 12.0. The number of benzene rings is 1. The summed E-state index contributed by atoms with van der Waals surface area (Å²) in [6.07, 6.45) is 3.39. The first-order valence-electron chi connectivity index (χ1n) is 6.55. The summed E-state index contributed by atoms with van der Waals surface area (Å²) in [5.74, 6) is 2.03. The lowest BCUT2D eigenvalue weighted by Gasteiger charge is -2.12. The Kier molecular flexibility index (Phi) is 4.20. The normalized spacial score (nSPS) is 10.7. The number of H-pyrrole nitrogens is 1. The molecule has 0 radical (unpaired) electrons. The van der Waals surface area contributed by atoms with Gasteiger partial charge in [0.2, 0.25) is 5.75 Å². The van der Waals surface area contributed by atoms with Gasteiger partial charge in [-0.1, -0.05) is 13.3 Å². The Bertz CT molecular complexity index is 560. The second-order valence-electron chi connectivity index (χ2n) is 4.50. The van der Waals surface area contributed by atoms with Crippen LogP contribution in [-0.4, -0.2) is 26.3 Å². The van der Waals surface area contributed by atoms with Crippen LogP contribution in [0.1, 0.15) is 25.5 Å². The number of fused-ring (bicyclic) bond motifs is 1. The van der Waals surface area contributed by atoms with Gasteiger partial charge in [0, 0.05) is 17.1 Å². The number of unbranched alkanes of at least 4 members (excludes halogenated alkanes) is 1. The Morgan fingerprint density at radius 2 is 1.74 bits per heavy atom. The smallest absolute Gasteiger partial charge is 0.204 e. The Morgan fingerprint density at radius 3 is 2.32 bits per heavy atom. The van der Waals surface area contributed by atoms with E-state index in [1.807, 2.05) is 6.07 Å². The number of rotatable bonds is 6. The molecule has 2 aromatic rings. The van der Waals surface area contributed by atoms with Crippen LogP contribution in [0.4, 0.5) is 0 Å². The molecule has 0 aliphatic rings. The van der Waals surface area contributed by atoms with E-state index in [4.69, 9.17) is 14.2 Å². The Labute approximate surface area is 113 Å². The molecule has 1 aromatic heterocycles. The Balaban J connectivity index is 2.56. The molecule has 1 N–H and O–H groups in total. The number of methoxy groups -OCH3 is 3. The van der Waals surface area contributed by atoms with Gasteiger partial charge in [0.15, 0.2) is 11.5 Å². The van der Waals surface area contributed by atoms with Gasteiger partial charge in [-0.05, 0) is 18.9 Å². The maximum Gasteiger partial charge on any atom is 0.204 e. The summed E-state index contributed by atoms with van der Waals surface area (Å²) in [4.78, 5) is 3.42. The van der Waals surface area contributed by atoms with Gasteiger partial charge >= 0.3 is 0 Å². The SMILES string of the molecule is CCCCc1cc2c(OC)c(OC)c(OC)cc2[nH]1. The minimum Gasteiger partial charge on any atom is -0.493 e. The van der Waals surface area contributed by atoms with Gasteiger partial charge in [0.1, 0.15) is 0 Å². The number of aromatic amines is 1. The van der Waals surface area contributed by atoms with Gasteiger partial charge in [0.05, 0.1) is 26.8 Å². The van der Waals surface area contributed by atoms with E-state index in [2.05, 4.69) is 18.0 Å². The zero-order chi connectivity index (χ0) is 13.8. The van der Waals surface area contributed by atoms with Crippen molar-refractivity contribution in [2.75, 3.05) is 21.3 Å². The third-order valence-corrected chi connectivity index (χ3v) is 3.28. The van der Waals surface area contributed by atoms with Crippen LogP contribution in [0.15, 0.2) is 12.1 Å². The van der Waals surface area contributed by atoms with E-state index >= 15 is 0 Å². The fourth-order valence-corrected chi connectivity index (χ4v) is 2.31. The zero-order valence-corrected chi connectivity index (χ0v) is 12.0. The van der Waals surface area contributed by atoms with Gasteiger partial charge < -0.3 is 19.2 Å². The molecule has 0 saturated carbocycles. The van der Waals surface area contributed by atoms with Crippen LogP contribution in [0.5, 0.6) is 17.2 Å². The largest absolute Gasteiger partial charge is 0.493 e. The van der Waals surface area contributed by atoms with Crippen molar-refractivity contribution in [2.45, 2.75) is 26.2 Å². The number of ether oxygens (including phenoxy) is 3. The Hall–Kier alpha value is -1.84. The first-order valence-corrected chi connectivity index (χ1v) is 6.55. The lowest BCUT2D eigenvalue weighted by molar-refractivity contribution is 0.327. The number of nitrogens with one attached hydrogen (secondary N) is 1. The summed E-state index contributed by atoms with van der Waals surface area (Å²) in [7, 11) is 4.90. The third-order valence-electron chi connectivity index (χ3n) is 3.28. The van der Waals surface area contributed by atoms with Gasteiger partial charge in [-0.25, -0.2) is 0 Å². The summed E-state index contributed by atoms with van der Waals surface area (Å²) in [6.45, 7) is 2.19. The molecular formula is C15H21NO3. The van der Waals surface area contributed by atoms with E-state index in [9.17, 15) is 0 Å². The van der Waals surface area contributed by atoms with E-state index in [0.29, 0.717) is 11.5 Å². The third kappa shape index (κ3) is 2.48. The highest BCUT2D eigenvalue weighted by Crippen LogP contribution is 2.43. The number of hydrogen-bond donors (Lipinski definition) is 1. The fraction of sp³-hybridized carbons (Fsp3) is 0.467. The predicted molar refractivity (Wildman–Crippen MR) is 76.6 cm³/mol. The molecule has 4 nitrogen and oxygen atoms in total. The predicted octanol–water partition coefficient (Wildman–Crippen LogP) is 3.54. The van der Waals surface area contributed by atoms with E-state index in [1.165, 1.54) is 18.5 Å². The molecule has 0 unspecified atom stereocenters. The van der Waals surface area contributed by atoms with Gasteiger partial charge in [-0.15, -0.1) is 0 Å². The van der Waals surface area contributed by atoms with Crippen molar-refractivity contribution in [1.29, 1.82) is 0 Å². The average molecular weight is 263 g/mol. The molecule has 0 bridgehead atoms.